The van der Waals surface area contributed by atoms with Gasteiger partial charge in [-0.3, -0.25) is 9.89 Å². The Morgan fingerprint density at radius 2 is 1.85 bits per heavy atom. The lowest BCUT2D eigenvalue weighted by molar-refractivity contribution is 0.0775. The fourth-order valence-corrected chi connectivity index (χ4v) is 6.85. The standard InChI is InChI=1S/C26H28F3N5O4S/c1-26(2)23-20(14-34(26)39(36,37)19-11-16(27)10-17(28)12-19)24(33-32-23)31-25(35)22-15(4-3-5-21(22)29)13-30-18-6-8-38-9-7-18/h3-5,10-12,18,30H,6-9,13-14H2,1-2H3,(H2,31,32,33,35). The summed E-state index contributed by atoms with van der Waals surface area (Å²) in [6.07, 6.45) is 1.63. The van der Waals surface area contributed by atoms with Crippen LogP contribution in [0.4, 0.5) is 19.0 Å². The van der Waals surface area contributed by atoms with Gasteiger partial charge in [-0.25, -0.2) is 21.6 Å². The minimum atomic E-state index is -4.34. The molecule has 9 nitrogen and oxygen atoms in total. The number of anilines is 1. The number of carbonyl (C=O) groups is 1. The summed E-state index contributed by atoms with van der Waals surface area (Å²) in [5, 5.41) is 12.9. The maximum Gasteiger partial charge on any atom is 0.260 e. The molecule has 1 saturated heterocycles. The number of aromatic nitrogens is 2. The van der Waals surface area contributed by atoms with E-state index in [2.05, 4.69) is 20.8 Å². The SMILES string of the molecule is CC1(C)c2[nH]nc(NC(=O)c3c(F)cccc3CNC3CCOCC3)c2CN1S(=O)(=O)c1cc(F)cc(F)c1. The predicted molar refractivity (Wildman–Crippen MR) is 136 cm³/mol. The van der Waals surface area contributed by atoms with Crippen molar-refractivity contribution in [3.63, 3.8) is 0 Å². The number of aromatic amines is 1. The van der Waals surface area contributed by atoms with Crippen LogP contribution in [0.3, 0.4) is 0 Å². The molecule has 1 amide bonds. The van der Waals surface area contributed by atoms with Crippen LogP contribution in [0.15, 0.2) is 41.3 Å². The van der Waals surface area contributed by atoms with Crippen LogP contribution in [-0.4, -0.2) is 48.1 Å². The predicted octanol–water partition coefficient (Wildman–Crippen LogP) is 3.79. The van der Waals surface area contributed by atoms with Crippen molar-refractivity contribution in [3.8, 4) is 0 Å². The first-order chi connectivity index (χ1) is 18.5. The van der Waals surface area contributed by atoms with Gasteiger partial charge in [0.2, 0.25) is 10.0 Å². The van der Waals surface area contributed by atoms with Crippen LogP contribution >= 0.6 is 0 Å². The number of nitrogens with one attached hydrogen (secondary N) is 3. The molecular formula is C26H28F3N5O4S. The van der Waals surface area contributed by atoms with E-state index in [1.807, 2.05) is 0 Å². The van der Waals surface area contributed by atoms with Crippen molar-refractivity contribution in [2.75, 3.05) is 18.5 Å². The smallest absolute Gasteiger partial charge is 0.260 e. The number of fused-ring (bicyclic) bond motifs is 1. The van der Waals surface area contributed by atoms with Gasteiger partial charge in [0.15, 0.2) is 5.82 Å². The van der Waals surface area contributed by atoms with Crippen molar-refractivity contribution >= 4 is 21.7 Å². The Morgan fingerprint density at radius 3 is 2.54 bits per heavy atom. The largest absolute Gasteiger partial charge is 0.381 e. The molecule has 0 aliphatic carbocycles. The summed E-state index contributed by atoms with van der Waals surface area (Å²) in [5.74, 6) is -3.45. The van der Waals surface area contributed by atoms with E-state index in [0.717, 1.165) is 29.3 Å². The van der Waals surface area contributed by atoms with Gasteiger partial charge in [0.05, 0.1) is 21.7 Å². The van der Waals surface area contributed by atoms with E-state index in [1.54, 1.807) is 19.9 Å². The highest BCUT2D eigenvalue weighted by Gasteiger charge is 2.48. The molecule has 0 bridgehead atoms. The zero-order chi connectivity index (χ0) is 27.9. The molecule has 0 unspecified atom stereocenters. The number of H-pyrrole nitrogens is 1. The average Bonchev–Trinajstić information content (AvgIpc) is 3.40. The van der Waals surface area contributed by atoms with E-state index < -0.39 is 43.8 Å². The van der Waals surface area contributed by atoms with Gasteiger partial charge >= 0.3 is 0 Å². The van der Waals surface area contributed by atoms with Crippen LogP contribution in [0, 0.1) is 17.5 Å². The zero-order valence-electron chi connectivity index (χ0n) is 21.4. The lowest BCUT2D eigenvalue weighted by Crippen LogP contribution is -2.40. The molecule has 0 radical (unpaired) electrons. The Labute approximate surface area is 223 Å². The zero-order valence-corrected chi connectivity index (χ0v) is 22.2. The summed E-state index contributed by atoms with van der Waals surface area (Å²) in [6, 6.07) is 6.65. The number of carbonyl (C=O) groups excluding carboxylic acids is 1. The topological polar surface area (TPSA) is 116 Å². The lowest BCUT2D eigenvalue weighted by atomic mass is 10.0. The fraction of sp³-hybridized carbons (Fsp3) is 0.385. The van der Waals surface area contributed by atoms with E-state index in [-0.39, 0.29) is 30.5 Å². The maximum absolute atomic E-state index is 14.9. The van der Waals surface area contributed by atoms with Gasteiger partial charge in [-0.1, -0.05) is 12.1 Å². The van der Waals surface area contributed by atoms with Crippen LogP contribution in [0.1, 0.15) is 53.9 Å². The summed E-state index contributed by atoms with van der Waals surface area (Å²) in [5.41, 5.74) is -0.112. The van der Waals surface area contributed by atoms with Crippen LogP contribution < -0.4 is 10.6 Å². The Morgan fingerprint density at radius 1 is 1.15 bits per heavy atom. The molecule has 39 heavy (non-hydrogen) atoms. The van der Waals surface area contributed by atoms with E-state index in [1.165, 1.54) is 12.1 Å². The number of nitrogens with zero attached hydrogens (tertiary/aromatic N) is 2. The summed E-state index contributed by atoms with van der Waals surface area (Å²) < 4.78 is 75.7. The first kappa shape index (κ1) is 27.3. The molecule has 0 spiro atoms. The van der Waals surface area contributed by atoms with Gasteiger partial charge in [0.1, 0.15) is 17.5 Å². The first-order valence-electron chi connectivity index (χ1n) is 12.4. The molecular weight excluding hydrogens is 535 g/mol. The Balaban J connectivity index is 1.39. The first-order valence-corrected chi connectivity index (χ1v) is 13.9. The van der Waals surface area contributed by atoms with E-state index in [4.69, 9.17) is 4.74 Å². The number of rotatable bonds is 7. The fourth-order valence-electron chi connectivity index (χ4n) is 5.08. The maximum atomic E-state index is 14.9. The highest BCUT2D eigenvalue weighted by Crippen LogP contribution is 2.44. The second kappa shape index (κ2) is 10.4. The van der Waals surface area contributed by atoms with Crippen LogP contribution in [0.25, 0.3) is 0 Å². The van der Waals surface area contributed by atoms with E-state index in [9.17, 15) is 26.4 Å². The van der Waals surface area contributed by atoms with Gasteiger partial charge in [-0.15, -0.1) is 0 Å². The molecule has 3 aromatic rings. The average molecular weight is 564 g/mol. The van der Waals surface area contributed by atoms with Gasteiger partial charge in [0.25, 0.3) is 5.91 Å². The van der Waals surface area contributed by atoms with Gasteiger partial charge in [-0.2, -0.15) is 9.40 Å². The summed E-state index contributed by atoms with van der Waals surface area (Å²) >= 11 is 0. The Kier molecular flexibility index (Phi) is 7.27. The van der Waals surface area contributed by atoms with Crippen molar-refractivity contribution in [1.82, 2.24) is 19.8 Å². The molecule has 3 heterocycles. The molecule has 5 rings (SSSR count). The molecule has 0 saturated carbocycles. The Hall–Kier alpha value is -3.26. The normalized spacial score (nSPS) is 17.8. The second-order valence-corrected chi connectivity index (χ2v) is 12.0. The van der Waals surface area contributed by atoms with E-state index >= 15 is 0 Å². The Bertz CT molecular complexity index is 1500. The lowest BCUT2D eigenvalue weighted by Gasteiger charge is -2.30. The third-order valence-corrected chi connectivity index (χ3v) is 9.19. The molecule has 1 fully saturated rings. The minimum Gasteiger partial charge on any atom is -0.381 e. The highest BCUT2D eigenvalue weighted by atomic mass is 32.2. The third-order valence-electron chi connectivity index (χ3n) is 7.19. The molecule has 208 valence electrons. The molecule has 1 aromatic heterocycles. The molecule has 2 aliphatic rings. The summed E-state index contributed by atoms with van der Waals surface area (Å²) in [7, 11) is -4.34. The van der Waals surface area contributed by atoms with Crippen molar-refractivity contribution in [2.24, 2.45) is 0 Å². The summed E-state index contributed by atoms with van der Waals surface area (Å²) in [6.45, 7) is 4.52. The number of ether oxygens (including phenoxy) is 1. The van der Waals surface area contributed by atoms with Crippen molar-refractivity contribution < 1.29 is 31.1 Å². The number of sulfonamides is 1. The van der Waals surface area contributed by atoms with E-state index in [0.29, 0.717) is 36.1 Å². The molecule has 2 aliphatic heterocycles. The number of benzene rings is 2. The number of hydrogen-bond acceptors (Lipinski definition) is 6. The summed E-state index contributed by atoms with van der Waals surface area (Å²) in [4.78, 5) is 12.7. The van der Waals surface area contributed by atoms with Crippen molar-refractivity contribution in [3.05, 3.63) is 76.2 Å². The molecule has 3 N–H and O–H groups in total. The molecule has 2 aromatic carbocycles. The third kappa shape index (κ3) is 5.19. The second-order valence-electron chi connectivity index (χ2n) is 10.1. The van der Waals surface area contributed by atoms with Gasteiger partial charge in [-0.05, 0) is 50.5 Å². The number of amides is 1. The van der Waals surface area contributed by atoms with Gasteiger partial charge in [0, 0.05) is 44.0 Å². The quantitative estimate of drug-likeness (QED) is 0.403. The number of halogens is 3. The van der Waals surface area contributed by atoms with Gasteiger partial charge < -0.3 is 15.4 Å². The van der Waals surface area contributed by atoms with Crippen molar-refractivity contribution in [2.45, 2.75) is 56.3 Å². The van der Waals surface area contributed by atoms with Crippen molar-refractivity contribution in [1.29, 1.82) is 0 Å². The monoisotopic (exact) mass is 563 g/mol. The molecule has 13 heteroatoms. The molecule has 0 atom stereocenters. The highest BCUT2D eigenvalue weighted by molar-refractivity contribution is 7.89. The number of hydrogen-bond donors (Lipinski definition) is 3. The van der Waals surface area contributed by atoms with Crippen LogP contribution in [-0.2, 0) is 33.4 Å². The minimum absolute atomic E-state index is 0.0396. The van der Waals surface area contributed by atoms with Crippen LogP contribution in [0.5, 0.6) is 0 Å². The van der Waals surface area contributed by atoms with Crippen LogP contribution in [0.2, 0.25) is 0 Å².